The second kappa shape index (κ2) is 8.35. The lowest BCUT2D eigenvalue weighted by atomic mass is 10.1. The van der Waals surface area contributed by atoms with Crippen LogP contribution in [0.1, 0.15) is 35.4 Å². The average Bonchev–Trinajstić information content (AvgIpc) is 3.50. The Morgan fingerprint density at radius 1 is 1.23 bits per heavy atom. The van der Waals surface area contributed by atoms with Crippen LogP contribution in [0.5, 0.6) is 11.5 Å². The molecule has 1 atom stereocenters. The van der Waals surface area contributed by atoms with Gasteiger partial charge in [-0.25, -0.2) is 0 Å². The van der Waals surface area contributed by atoms with Crippen LogP contribution in [0.4, 0.5) is 0 Å². The molecule has 5 rings (SSSR count). The summed E-state index contributed by atoms with van der Waals surface area (Å²) < 4.78 is 18.9. The summed E-state index contributed by atoms with van der Waals surface area (Å²) in [7, 11) is 0. The molecule has 0 bridgehead atoms. The second-order valence-corrected chi connectivity index (χ2v) is 8.76. The summed E-state index contributed by atoms with van der Waals surface area (Å²) in [6, 6.07) is 8.36. The summed E-state index contributed by atoms with van der Waals surface area (Å²) in [6.07, 6.45) is 2.51. The normalized spacial score (nSPS) is 21.7. The molecule has 4 heterocycles. The Morgan fingerprint density at radius 2 is 2.13 bits per heavy atom. The molecule has 0 saturated carbocycles. The maximum absolute atomic E-state index is 5.64. The van der Waals surface area contributed by atoms with E-state index in [1.807, 2.05) is 6.07 Å². The summed E-state index contributed by atoms with van der Waals surface area (Å²) in [5, 5.41) is 5.50. The highest BCUT2D eigenvalue weighted by molar-refractivity contribution is 8.14. The van der Waals surface area contributed by atoms with Gasteiger partial charge in [-0.3, -0.25) is 10.4 Å². The first-order chi connectivity index (χ1) is 14.7. The maximum atomic E-state index is 5.64. The van der Waals surface area contributed by atoms with Gasteiger partial charge in [0.2, 0.25) is 6.79 Å². The number of nitrogens with zero attached hydrogens (tertiary/aromatic N) is 3. The van der Waals surface area contributed by atoms with Crippen LogP contribution in [0, 0.1) is 13.8 Å². The zero-order valence-corrected chi connectivity index (χ0v) is 18.1. The van der Waals surface area contributed by atoms with E-state index in [1.165, 1.54) is 22.5 Å². The maximum Gasteiger partial charge on any atom is 0.231 e. The van der Waals surface area contributed by atoms with E-state index in [1.54, 1.807) is 11.8 Å². The molecule has 2 aromatic rings. The fourth-order valence-electron chi connectivity index (χ4n) is 4.07. The SMILES string of the molecule is Cc1cc(C2=NNC(=NC[C@@H]3CCCO3)SC2)c(C)n1Cc1ccc2c(c1)OCO2. The van der Waals surface area contributed by atoms with Crippen molar-refractivity contribution in [2.75, 3.05) is 25.7 Å². The number of thioether (sulfide) groups is 1. The van der Waals surface area contributed by atoms with Gasteiger partial charge in [-0.2, -0.15) is 5.10 Å². The molecule has 0 radical (unpaired) electrons. The van der Waals surface area contributed by atoms with Crippen LogP contribution in [0.25, 0.3) is 0 Å². The molecular formula is C22H26N4O3S. The zero-order valence-electron chi connectivity index (χ0n) is 17.3. The molecule has 3 aliphatic heterocycles. The summed E-state index contributed by atoms with van der Waals surface area (Å²) >= 11 is 1.70. The van der Waals surface area contributed by atoms with Crippen molar-refractivity contribution in [3.8, 4) is 11.5 Å². The van der Waals surface area contributed by atoms with E-state index in [0.717, 1.165) is 54.1 Å². The van der Waals surface area contributed by atoms with Crippen LogP contribution in [-0.2, 0) is 11.3 Å². The molecular weight excluding hydrogens is 400 g/mol. The van der Waals surface area contributed by atoms with Crippen LogP contribution in [0.3, 0.4) is 0 Å². The first kappa shape index (κ1) is 19.5. The van der Waals surface area contributed by atoms with Crippen molar-refractivity contribution in [3.05, 3.63) is 46.8 Å². The molecule has 0 unspecified atom stereocenters. The van der Waals surface area contributed by atoms with Crippen LogP contribution in [-0.4, -0.2) is 47.2 Å². The number of aromatic nitrogens is 1. The van der Waals surface area contributed by atoms with E-state index in [9.17, 15) is 0 Å². The topological polar surface area (TPSA) is 69.4 Å². The van der Waals surface area contributed by atoms with E-state index in [4.69, 9.17) is 14.2 Å². The molecule has 0 aliphatic carbocycles. The molecule has 30 heavy (non-hydrogen) atoms. The van der Waals surface area contributed by atoms with Crippen molar-refractivity contribution in [1.29, 1.82) is 0 Å². The molecule has 8 heteroatoms. The lowest BCUT2D eigenvalue weighted by Gasteiger charge is -2.16. The third-order valence-corrected chi connectivity index (χ3v) is 6.67. The quantitative estimate of drug-likeness (QED) is 0.793. The first-order valence-electron chi connectivity index (χ1n) is 10.3. The number of ether oxygens (including phenoxy) is 3. The number of benzene rings is 1. The highest BCUT2D eigenvalue weighted by Gasteiger charge is 2.21. The Kier molecular flexibility index (Phi) is 5.43. The van der Waals surface area contributed by atoms with Crippen molar-refractivity contribution >= 4 is 22.6 Å². The highest BCUT2D eigenvalue weighted by atomic mass is 32.2. The number of aryl methyl sites for hydroxylation is 1. The van der Waals surface area contributed by atoms with E-state index in [-0.39, 0.29) is 6.10 Å². The van der Waals surface area contributed by atoms with Gasteiger partial charge >= 0.3 is 0 Å². The van der Waals surface area contributed by atoms with Crippen LogP contribution >= 0.6 is 11.8 Å². The lowest BCUT2D eigenvalue weighted by Crippen LogP contribution is -2.26. The number of nitrogens with one attached hydrogen (secondary N) is 1. The Balaban J connectivity index is 1.29. The Morgan fingerprint density at radius 3 is 2.93 bits per heavy atom. The number of amidine groups is 1. The van der Waals surface area contributed by atoms with Crippen LogP contribution < -0.4 is 14.9 Å². The Hall–Kier alpha value is -2.45. The largest absolute Gasteiger partial charge is 0.454 e. The van der Waals surface area contributed by atoms with Crippen molar-refractivity contribution in [2.24, 2.45) is 10.1 Å². The number of fused-ring (bicyclic) bond motifs is 1. The van der Waals surface area contributed by atoms with Gasteiger partial charge in [-0.15, -0.1) is 0 Å². The van der Waals surface area contributed by atoms with E-state index in [2.05, 4.69) is 52.1 Å². The van der Waals surface area contributed by atoms with Gasteiger partial charge in [0.25, 0.3) is 0 Å². The minimum absolute atomic E-state index is 0.264. The molecule has 3 aliphatic rings. The molecule has 1 aromatic carbocycles. The third-order valence-electron chi connectivity index (χ3n) is 5.76. The standard InChI is InChI=1S/C22H26N4O3S/c1-14-8-18(19-12-30-22(25-24-19)23-10-17-4-3-7-27-17)15(2)26(14)11-16-5-6-20-21(9-16)29-13-28-20/h5-6,8-9,17H,3-4,7,10-13H2,1-2H3,(H,23,25)/t17-/m0/s1. The summed E-state index contributed by atoms with van der Waals surface area (Å²) in [5.41, 5.74) is 8.99. The van der Waals surface area contributed by atoms with Crippen molar-refractivity contribution < 1.29 is 14.2 Å². The predicted molar refractivity (Wildman–Crippen MR) is 119 cm³/mol. The van der Waals surface area contributed by atoms with Gasteiger partial charge < -0.3 is 18.8 Å². The van der Waals surface area contributed by atoms with Gasteiger partial charge in [0, 0.05) is 35.9 Å². The van der Waals surface area contributed by atoms with Gasteiger partial charge in [0.1, 0.15) is 0 Å². The second-order valence-electron chi connectivity index (χ2n) is 7.80. The Bertz CT molecular complexity index is 1010. The van der Waals surface area contributed by atoms with E-state index in [0.29, 0.717) is 13.3 Å². The van der Waals surface area contributed by atoms with Crippen molar-refractivity contribution in [2.45, 2.75) is 39.3 Å². The molecule has 1 fully saturated rings. The third kappa shape index (κ3) is 3.94. The van der Waals surface area contributed by atoms with E-state index >= 15 is 0 Å². The van der Waals surface area contributed by atoms with Crippen molar-refractivity contribution in [3.63, 3.8) is 0 Å². The molecule has 1 N–H and O–H groups in total. The fourth-order valence-corrected chi connectivity index (χ4v) is 4.84. The Labute approximate surface area is 180 Å². The number of rotatable bonds is 5. The zero-order chi connectivity index (χ0) is 20.5. The smallest absolute Gasteiger partial charge is 0.231 e. The molecule has 1 aromatic heterocycles. The van der Waals surface area contributed by atoms with Gasteiger partial charge in [-0.05, 0) is 50.5 Å². The van der Waals surface area contributed by atoms with Gasteiger partial charge in [0.15, 0.2) is 16.7 Å². The van der Waals surface area contributed by atoms with Gasteiger partial charge in [-0.1, -0.05) is 17.8 Å². The minimum Gasteiger partial charge on any atom is -0.454 e. The van der Waals surface area contributed by atoms with Crippen LogP contribution in [0.15, 0.2) is 34.4 Å². The molecule has 1 saturated heterocycles. The molecule has 0 spiro atoms. The minimum atomic E-state index is 0.264. The summed E-state index contributed by atoms with van der Waals surface area (Å²) in [4.78, 5) is 4.63. The number of hydrogen-bond donors (Lipinski definition) is 1. The number of aliphatic imine (C=N–C) groups is 1. The monoisotopic (exact) mass is 426 g/mol. The predicted octanol–water partition coefficient (Wildman–Crippen LogP) is 3.46. The van der Waals surface area contributed by atoms with E-state index < -0.39 is 0 Å². The summed E-state index contributed by atoms with van der Waals surface area (Å²) in [5.74, 6) is 2.45. The first-order valence-corrected chi connectivity index (χ1v) is 11.3. The summed E-state index contributed by atoms with van der Waals surface area (Å²) in [6.45, 7) is 6.96. The highest BCUT2D eigenvalue weighted by Crippen LogP contribution is 2.33. The van der Waals surface area contributed by atoms with Gasteiger partial charge in [0.05, 0.1) is 18.4 Å². The molecule has 7 nitrogen and oxygen atoms in total. The average molecular weight is 427 g/mol. The lowest BCUT2D eigenvalue weighted by molar-refractivity contribution is 0.118. The fraction of sp³-hybridized carbons (Fsp3) is 0.455. The molecule has 0 amide bonds. The van der Waals surface area contributed by atoms with Crippen LogP contribution in [0.2, 0.25) is 0 Å². The number of hydrogen-bond acceptors (Lipinski definition) is 6. The number of hydrazone groups is 1. The molecule has 158 valence electrons. The van der Waals surface area contributed by atoms with Crippen molar-refractivity contribution in [1.82, 2.24) is 9.99 Å².